The van der Waals surface area contributed by atoms with Gasteiger partial charge in [-0.1, -0.05) is 38.1 Å². The molecule has 1 aliphatic carbocycles. The summed E-state index contributed by atoms with van der Waals surface area (Å²) < 4.78 is 1.74. The lowest BCUT2D eigenvalue weighted by molar-refractivity contribution is -0.122. The van der Waals surface area contributed by atoms with Crippen molar-refractivity contribution in [1.82, 2.24) is 20.1 Å². The van der Waals surface area contributed by atoms with Crippen molar-refractivity contribution in [3.8, 4) is 0 Å². The van der Waals surface area contributed by atoms with Crippen LogP contribution in [-0.2, 0) is 11.3 Å². The van der Waals surface area contributed by atoms with Crippen LogP contribution in [0, 0.1) is 6.92 Å². The highest BCUT2D eigenvalue weighted by Gasteiger charge is 2.27. The van der Waals surface area contributed by atoms with E-state index in [4.69, 9.17) is 0 Å². The molecule has 5 nitrogen and oxygen atoms in total. The van der Waals surface area contributed by atoms with Crippen molar-refractivity contribution in [2.45, 2.75) is 65.0 Å². The molecule has 0 bridgehead atoms. The third kappa shape index (κ3) is 3.66. The van der Waals surface area contributed by atoms with E-state index in [0.29, 0.717) is 11.8 Å². The fourth-order valence-corrected chi connectivity index (χ4v) is 3.83. The number of fused-ring (bicyclic) bond motifs is 1. The third-order valence-corrected chi connectivity index (χ3v) is 5.63. The van der Waals surface area contributed by atoms with Crippen molar-refractivity contribution in [3.05, 3.63) is 58.9 Å². The molecule has 0 aliphatic heterocycles. The predicted octanol–water partition coefficient (Wildman–Crippen LogP) is 4.62. The summed E-state index contributed by atoms with van der Waals surface area (Å²) in [5, 5.41) is 8.81. The summed E-state index contributed by atoms with van der Waals surface area (Å²) in [6.07, 6.45) is 4.30. The summed E-state index contributed by atoms with van der Waals surface area (Å²) in [4.78, 5) is 17.2. The van der Waals surface area contributed by atoms with Crippen LogP contribution in [0.5, 0.6) is 0 Å². The molecule has 146 valence electrons. The highest BCUT2D eigenvalue weighted by molar-refractivity contribution is 5.85. The van der Waals surface area contributed by atoms with Gasteiger partial charge in [0.15, 0.2) is 5.65 Å². The second-order valence-corrected chi connectivity index (χ2v) is 8.23. The first kappa shape index (κ1) is 18.7. The number of rotatable bonds is 6. The molecule has 0 radical (unpaired) electrons. The van der Waals surface area contributed by atoms with Gasteiger partial charge in [0.1, 0.15) is 6.54 Å². The van der Waals surface area contributed by atoms with Gasteiger partial charge in [-0.15, -0.1) is 0 Å². The zero-order valence-corrected chi connectivity index (χ0v) is 17.1. The van der Waals surface area contributed by atoms with Crippen LogP contribution in [0.15, 0.2) is 36.5 Å². The van der Waals surface area contributed by atoms with Gasteiger partial charge >= 0.3 is 0 Å². The summed E-state index contributed by atoms with van der Waals surface area (Å²) in [5.41, 5.74) is 5.50. The number of aromatic nitrogens is 3. The lowest BCUT2D eigenvalue weighted by Gasteiger charge is -2.15. The van der Waals surface area contributed by atoms with Gasteiger partial charge in [0.25, 0.3) is 0 Å². The molecule has 1 fully saturated rings. The van der Waals surface area contributed by atoms with E-state index in [1.54, 1.807) is 4.68 Å². The molecular formula is C23H28N4O. The number of aryl methyl sites for hydroxylation is 1. The van der Waals surface area contributed by atoms with Crippen molar-refractivity contribution in [2.24, 2.45) is 0 Å². The van der Waals surface area contributed by atoms with Crippen LogP contribution in [0.25, 0.3) is 11.0 Å². The highest BCUT2D eigenvalue weighted by Crippen LogP contribution is 2.43. The van der Waals surface area contributed by atoms with E-state index in [1.165, 1.54) is 24.0 Å². The number of carbonyl (C=O) groups excluding carboxylic acids is 1. The molecule has 0 saturated heterocycles. The Morgan fingerprint density at radius 1 is 1.14 bits per heavy atom. The molecule has 2 heterocycles. The van der Waals surface area contributed by atoms with Crippen LogP contribution in [0.4, 0.5) is 0 Å². The van der Waals surface area contributed by atoms with Gasteiger partial charge in [0, 0.05) is 11.6 Å². The summed E-state index contributed by atoms with van der Waals surface area (Å²) in [6, 6.07) is 10.5. The molecule has 4 rings (SSSR count). The summed E-state index contributed by atoms with van der Waals surface area (Å²) in [7, 11) is 0. The van der Waals surface area contributed by atoms with Crippen LogP contribution >= 0.6 is 0 Å². The quantitative estimate of drug-likeness (QED) is 0.683. The number of hydrogen-bond donors (Lipinski definition) is 1. The topological polar surface area (TPSA) is 59.8 Å². The van der Waals surface area contributed by atoms with Crippen molar-refractivity contribution >= 4 is 16.9 Å². The first-order valence-electron chi connectivity index (χ1n) is 10.1. The Kier molecular flexibility index (Phi) is 4.92. The number of benzene rings is 1. The molecule has 2 aromatic heterocycles. The van der Waals surface area contributed by atoms with E-state index in [2.05, 4.69) is 59.6 Å². The minimum Gasteiger partial charge on any atom is -0.348 e. The molecule has 1 aliphatic rings. The van der Waals surface area contributed by atoms with Gasteiger partial charge in [0.2, 0.25) is 5.91 Å². The molecule has 3 aromatic rings. The SMILES string of the molecule is Cc1nn(CC(=O)NC(C)c2ccc(C(C)C)cc2)c2nccc(C3CC3)c12. The molecule has 0 spiro atoms. The van der Waals surface area contributed by atoms with Crippen molar-refractivity contribution < 1.29 is 4.79 Å². The van der Waals surface area contributed by atoms with Gasteiger partial charge in [-0.3, -0.25) is 4.79 Å². The maximum Gasteiger partial charge on any atom is 0.242 e. The minimum absolute atomic E-state index is 0.0494. The lowest BCUT2D eigenvalue weighted by atomic mass is 9.99. The molecule has 1 saturated carbocycles. The van der Waals surface area contributed by atoms with Gasteiger partial charge in [-0.25, -0.2) is 9.67 Å². The average molecular weight is 377 g/mol. The standard InChI is InChI=1S/C23H28N4O/c1-14(2)17-5-7-18(8-6-17)15(3)25-21(28)13-27-23-22(16(4)26-27)20(11-12-24-23)19-9-10-19/h5-8,11-12,14-15,19H,9-10,13H2,1-4H3,(H,25,28). The first-order chi connectivity index (χ1) is 13.4. The van der Waals surface area contributed by atoms with E-state index < -0.39 is 0 Å². The Labute approximate surface area is 166 Å². The van der Waals surface area contributed by atoms with E-state index in [0.717, 1.165) is 22.3 Å². The number of carbonyl (C=O) groups is 1. The number of pyridine rings is 1. The fraction of sp³-hybridized carbons (Fsp3) is 0.435. The smallest absolute Gasteiger partial charge is 0.242 e. The summed E-state index contributed by atoms with van der Waals surface area (Å²) >= 11 is 0. The van der Waals surface area contributed by atoms with Crippen LogP contribution in [0.1, 0.15) is 73.9 Å². The molecule has 1 aromatic carbocycles. The second kappa shape index (κ2) is 7.38. The van der Waals surface area contributed by atoms with Crippen LogP contribution in [-0.4, -0.2) is 20.7 Å². The monoisotopic (exact) mass is 376 g/mol. The lowest BCUT2D eigenvalue weighted by Crippen LogP contribution is -2.30. The molecular weight excluding hydrogens is 348 g/mol. The molecule has 1 atom stereocenters. The van der Waals surface area contributed by atoms with Gasteiger partial charge in [-0.05, 0) is 61.3 Å². The molecule has 1 unspecified atom stereocenters. The minimum atomic E-state index is -0.0524. The second-order valence-electron chi connectivity index (χ2n) is 8.23. The third-order valence-electron chi connectivity index (χ3n) is 5.63. The first-order valence-corrected chi connectivity index (χ1v) is 10.1. The van der Waals surface area contributed by atoms with Crippen LogP contribution in [0.2, 0.25) is 0 Å². The van der Waals surface area contributed by atoms with Gasteiger partial charge in [-0.2, -0.15) is 5.10 Å². The van der Waals surface area contributed by atoms with Crippen molar-refractivity contribution in [3.63, 3.8) is 0 Å². The number of amides is 1. The summed E-state index contributed by atoms with van der Waals surface area (Å²) in [6.45, 7) is 8.56. The Bertz CT molecular complexity index is 999. The molecule has 1 N–H and O–H groups in total. The fourth-order valence-electron chi connectivity index (χ4n) is 3.83. The van der Waals surface area contributed by atoms with Gasteiger partial charge < -0.3 is 5.32 Å². The zero-order chi connectivity index (χ0) is 19.8. The summed E-state index contributed by atoms with van der Waals surface area (Å²) in [5.74, 6) is 1.08. The number of hydrogen-bond acceptors (Lipinski definition) is 3. The molecule has 1 amide bonds. The predicted molar refractivity (Wildman–Crippen MR) is 111 cm³/mol. The Morgan fingerprint density at radius 2 is 1.82 bits per heavy atom. The van der Waals surface area contributed by atoms with E-state index in [-0.39, 0.29) is 18.5 Å². The Morgan fingerprint density at radius 3 is 2.46 bits per heavy atom. The largest absolute Gasteiger partial charge is 0.348 e. The average Bonchev–Trinajstić information content (AvgIpc) is 3.47. The van der Waals surface area contributed by atoms with E-state index in [1.807, 2.05) is 20.0 Å². The normalized spacial score (nSPS) is 15.2. The highest BCUT2D eigenvalue weighted by atomic mass is 16.2. The molecule has 5 heteroatoms. The number of nitrogens with zero attached hydrogens (tertiary/aromatic N) is 3. The van der Waals surface area contributed by atoms with Crippen LogP contribution in [0.3, 0.4) is 0 Å². The van der Waals surface area contributed by atoms with E-state index >= 15 is 0 Å². The number of nitrogens with one attached hydrogen (secondary N) is 1. The maximum absolute atomic E-state index is 12.7. The maximum atomic E-state index is 12.7. The van der Waals surface area contributed by atoms with Crippen molar-refractivity contribution in [1.29, 1.82) is 0 Å². The zero-order valence-electron chi connectivity index (χ0n) is 17.1. The molecule has 28 heavy (non-hydrogen) atoms. The van der Waals surface area contributed by atoms with Gasteiger partial charge in [0.05, 0.1) is 11.7 Å². The van der Waals surface area contributed by atoms with Crippen LogP contribution < -0.4 is 5.32 Å². The Balaban J connectivity index is 1.48. The Hall–Kier alpha value is -2.69. The van der Waals surface area contributed by atoms with Crippen molar-refractivity contribution in [2.75, 3.05) is 0 Å². The van der Waals surface area contributed by atoms with E-state index in [9.17, 15) is 4.79 Å².